The summed E-state index contributed by atoms with van der Waals surface area (Å²) in [6.07, 6.45) is 0. The molecule has 0 spiro atoms. The van der Waals surface area contributed by atoms with E-state index in [1.165, 1.54) is 4.31 Å². The fraction of sp³-hybridized carbons (Fsp3) is 0.900. The van der Waals surface area contributed by atoms with E-state index in [9.17, 15) is 13.2 Å². The number of sulfonamides is 1. The summed E-state index contributed by atoms with van der Waals surface area (Å²) >= 11 is 0. The second-order valence-electron chi connectivity index (χ2n) is 4.48. The van der Waals surface area contributed by atoms with E-state index in [1.807, 2.05) is 0 Å². The lowest BCUT2D eigenvalue weighted by atomic mass is 10.1. The Morgan fingerprint density at radius 3 is 2.06 bits per heavy atom. The maximum Gasteiger partial charge on any atom is 0.237 e. The third-order valence-electron chi connectivity index (χ3n) is 2.40. The normalized spacial score (nSPS) is 12.1. The average molecular weight is 302 g/mol. The van der Waals surface area contributed by atoms with Crippen LogP contribution in [0.4, 0.5) is 0 Å². The van der Waals surface area contributed by atoms with E-state index in [0.29, 0.717) is 13.1 Å². The first kappa shape index (κ1) is 20.0. The predicted octanol–water partition coefficient (Wildman–Crippen LogP) is -0.0667. The van der Waals surface area contributed by atoms with Crippen LogP contribution in [0.2, 0.25) is 0 Å². The third-order valence-corrected chi connectivity index (χ3v) is 4.33. The summed E-state index contributed by atoms with van der Waals surface area (Å²) in [7, 11) is -3.52. The van der Waals surface area contributed by atoms with Crippen molar-refractivity contribution < 1.29 is 13.2 Å². The topological polar surface area (TPSA) is 92.5 Å². The van der Waals surface area contributed by atoms with Gasteiger partial charge < -0.3 is 11.1 Å². The minimum absolute atomic E-state index is 0. The first-order chi connectivity index (χ1) is 7.68. The van der Waals surface area contributed by atoms with Crippen molar-refractivity contribution in [1.82, 2.24) is 9.62 Å². The lowest BCUT2D eigenvalue weighted by Gasteiger charge is -2.25. The van der Waals surface area contributed by atoms with Gasteiger partial charge in [0.15, 0.2) is 0 Å². The highest BCUT2D eigenvalue weighted by Crippen LogP contribution is 2.03. The molecule has 0 unspecified atom stereocenters. The van der Waals surface area contributed by atoms with Gasteiger partial charge in [-0.15, -0.1) is 12.4 Å². The van der Waals surface area contributed by atoms with E-state index in [-0.39, 0.29) is 19.0 Å². The molecule has 110 valence electrons. The highest BCUT2D eigenvalue weighted by atomic mass is 35.5. The number of nitrogens with one attached hydrogen (secondary N) is 1. The lowest BCUT2D eigenvalue weighted by molar-refractivity contribution is -0.120. The van der Waals surface area contributed by atoms with Crippen LogP contribution in [0.5, 0.6) is 0 Å². The van der Waals surface area contributed by atoms with Crippen molar-refractivity contribution in [3.8, 4) is 0 Å². The van der Waals surface area contributed by atoms with Gasteiger partial charge in [0.25, 0.3) is 0 Å². The van der Waals surface area contributed by atoms with Crippen LogP contribution in [-0.4, -0.2) is 49.6 Å². The molecule has 0 aromatic heterocycles. The van der Waals surface area contributed by atoms with Gasteiger partial charge in [0.1, 0.15) is 5.75 Å². The number of amides is 1. The average Bonchev–Trinajstić information content (AvgIpc) is 2.17. The van der Waals surface area contributed by atoms with Gasteiger partial charge in [0.2, 0.25) is 15.9 Å². The molecule has 8 heteroatoms. The Labute approximate surface area is 116 Å². The Bertz CT molecular complexity index is 353. The van der Waals surface area contributed by atoms with Crippen molar-refractivity contribution in [2.45, 2.75) is 33.2 Å². The van der Waals surface area contributed by atoms with Crippen LogP contribution in [-0.2, 0) is 14.8 Å². The molecular formula is C10H24ClN3O3S. The Kier molecular flexibility index (Phi) is 8.80. The van der Waals surface area contributed by atoms with Crippen LogP contribution in [0.1, 0.15) is 27.7 Å². The SMILES string of the molecule is CCN(CC)S(=O)(=O)CC(=O)NC(C)(C)CN.Cl. The zero-order chi connectivity index (χ0) is 13.7. The molecule has 0 heterocycles. The van der Waals surface area contributed by atoms with E-state index in [0.717, 1.165) is 0 Å². The molecular weight excluding hydrogens is 278 g/mol. The van der Waals surface area contributed by atoms with Crippen LogP contribution in [0.25, 0.3) is 0 Å². The van der Waals surface area contributed by atoms with Crippen LogP contribution < -0.4 is 11.1 Å². The summed E-state index contributed by atoms with van der Waals surface area (Å²) in [4.78, 5) is 11.6. The fourth-order valence-electron chi connectivity index (χ4n) is 1.34. The summed E-state index contributed by atoms with van der Waals surface area (Å²) < 4.78 is 24.9. The van der Waals surface area contributed by atoms with Crippen LogP contribution in [0, 0.1) is 0 Å². The van der Waals surface area contributed by atoms with Crippen molar-refractivity contribution >= 4 is 28.3 Å². The van der Waals surface area contributed by atoms with Gasteiger partial charge in [0, 0.05) is 25.2 Å². The first-order valence-corrected chi connectivity index (χ1v) is 7.28. The summed E-state index contributed by atoms with van der Waals surface area (Å²) in [6.45, 7) is 7.96. The Balaban J connectivity index is 0. The zero-order valence-electron chi connectivity index (χ0n) is 11.4. The number of hydrogen-bond donors (Lipinski definition) is 2. The maximum absolute atomic E-state index is 11.8. The Morgan fingerprint density at radius 1 is 1.28 bits per heavy atom. The van der Waals surface area contributed by atoms with Crippen molar-refractivity contribution in [1.29, 1.82) is 0 Å². The van der Waals surface area contributed by atoms with E-state index in [4.69, 9.17) is 5.73 Å². The van der Waals surface area contributed by atoms with Crippen LogP contribution in [0.15, 0.2) is 0 Å². The molecule has 0 aromatic carbocycles. The van der Waals surface area contributed by atoms with E-state index < -0.39 is 27.2 Å². The van der Waals surface area contributed by atoms with Crippen LogP contribution in [0.3, 0.4) is 0 Å². The molecule has 0 saturated heterocycles. The molecule has 0 aliphatic rings. The first-order valence-electron chi connectivity index (χ1n) is 5.67. The molecule has 0 saturated carbocycles. The Hall–Kier alpha value is -0.370. The second kappa shape index (κ2) is 7.93. The standard InChI is InChI=1S/C10H23N3O3S.ClH/c1-5-13(6-2)17(15,16)7-9(14)12-10(3,4)8-11;/h5-8,11H2,1-4H3,(H,12,14);1H. The molecule has 0 aliphatic heterocycles. The minimum Gasteiger partial charge on any atom is -0.349 e. The number of halogens is 1. The molecule has 0 fully saturated rings. The van der Waals surface area contributed by atoms with E-state index in [1.54, 1.807) is 27.7 Å². The molecule has 0 radical (unpaired) electrons. The maximum atomic E-state index is 11.8. The molecule has 0 rings (SSSR count). The number of carbonyl (C=O) groups excluding carboxylic acids is 1. The Morgan fingerprint density at radius 2 is 1.72 bits per heavy atom. The number of nitrogens with zero attached hydrogens (tertiary/aromatic N) is 1. The third kappa shape index (κ3) is 6.53. The van der Waals surface area contributed by atoms with Crippen molar-refractivity contribution in [2.75, 3.05) is 25.4 Å². The predicted molar refractivity (Wildman–Crippen MR) is 75.2 cm³/mol. The van der Waals surface area contributed by atoms with E-state index in [2.05, 4.69) is 5.32 Å². The van der Waals surface area contributed by atoms with Crippen molar-refractivity contribution in [3.05, 3.63) is 0 Å². The van der Waals surface area contributed by atoms with Gasteiger partial charge in [0.05, 0.1) is 0 Å². The summed E-state index contributed by atoms with van der Waals surface area (Å²) in [6, 6.07) is 0. The fourth-order valence-corrected chi connectivity index (χ4v) is 2.71. The number of hydrogen-bond acceptors (Lipinski definition) is 4. The molecule has 1 amide bonds. The number of rotatable bonds is 7. The van der Waals surface area contributed by atoms with Gasteiger partial charge in [-0.2, -0.15) is 0 Å². The van der Waals surface area contributed by atoms with Gasteiger partial charge >= 0.3 is 0 Å². The molecule has 0 aliphatic carbocycles. The monoisotopic (exact) mass is 301 g/mol. The van der Waals surface area contributed by atoms with Crippen LogP contribution >= 0.6 is 12.4 Å². The van der Waals surface area contributed by atoms with Crippen molar-refractivity contribution in [3.63, 3.8) is 0 Å². The van der Waals surface area contributed by atoms with Gasteiger partial charge in [-0.1, -0.05) is 13.8 Å². The molecule has 3 N–H and O–H groups in total. The zero-order valence-corrected chi connectivity index (χ0v) is 13.0. The minimum atomic E-state index is -3.52. The molecule has 18 heavy (non-hydrogen) atoms. The second-order valence-corrected chi connectivity index (χ2v) is 6.45. The van der Waals surface area contributed by atoms with Gasteiger partial charge in [-0.05, 0) is 13.8 Å². The highest BCUT2D eigenvalue weighted by molar-refractivity contribution is 7.89. The molecule has 0 aromatic rings. The largest absolute Gasteiger partial charge is 0.349 e. The lowest BCUT2D eigenvalue weighted by Crippen LogP contribution is -2.51. The molecule has 0 atom stereocenters. The summed E-state index contributed by atoms with van der Waals surface area (Å²) in [5.74, 6) is -1.05. The smallest absolute Gasteiger partial charge is 0.237 e. The number of nitrogens with two attached hydrogens (primary N) is 1. The highest BCUT2D eigenvalue weighted by Gasteiger charge is 2.26. The molecule has 0 bridgehead atoms. The van der Waals surface area contributed by atoms with Gasteiger partial charge in [-0.25, -0.2) is 12.7 Å². The summed E-state index contributed by atoms with van der Waals surface area (Å²) in [5, 5.41) is 2.60. The molecule has 6 nitrogen and oxygen atoms in total. The summed E-state index contributed by atoms with van der Waals surface area (Å²) in [5.41, 5.74) is 4.87. The van der Waals surface area contributed by atoms with Gasteiger partial charge in [-0.3, -0.25) is 4.79 Å². The quantitative estimate of drug-likeness (QED) is 0.688. The van der Waals surface area contributed by atoms with E-state index >= 15 is 0 Å². The van der Waals surface area contributed by atoms with Crippen molar-refractivity contribution in [2.24, 2.45) is 5.73 Å². The number of carbonyl (C=O) groups is 1.